The number of piperidine rings is 1. The summed E-state index contributed by atoms with van der Waals surface area (Å²) >= 11 is 0. The highest BCUT2D eigenvalue weighted by molar-refractivity contribution is 5.86. The minimum Gasteiger partial charge on any atom is -0.375 e. The Kier molecular flexibility index (Phi) is 4.83. The standard InChI is InChI=1S/C21H30N2O2/c24-20(23-14-19-15-10-11-16(19)13-22-12-15)21(25,18-8-4-5-9-18)17-6-2-1-3-7-17/h1-3,6-7,15-16,18-19,22,25H,4-5,8-14H2,(H,23,24). The van der Waals surface area contributed by atoms with Gasteiger partial charge in [-0.1, -0.05) is 43.2 Å². The molecule has 136 valence electrons. The Bertz CT molecular complexity index is 583. The molecule has 2 aliphatic carbocycles. The summed E-state index contributed by atoms with van der Waals surface area (Å²) in [6.45, 7) is 2.85. The average Bonchev–Trinajstić information content (AvgIpc) is 3.26. The van der Waals surface area contributed by atoms with Gasteiger partial charge in [-0.05, 0) is 62.1 Å². The lowest BCUT2D eigenvalue weighted by molar-refractivity contribution is -0.147. The third-order valence-electron chi connectivity index (χ3n) is 6.94. The molecule has 3 fully saturated rings. The smallest absolute Gasteiger partial charge is 0.256 e. The molecule has 1 aromatic rings. The van der Waals surface area contributed by atoms with Crippen molar-refractivity contribution in [2.45, 2.75) is 44.1 Å². The molecule has 1 saturated heterocycles. The lowest BCUT2D eigenvalue weighted by Gasteiger charge is -2.35. The minimum absolute atomic E-state index is 0.0274. The van der Waals surface area contributed by atoms with Crippen molar-refractivity contribution in [3.05, 3.63) is 35.9 Å². The molecule has 25 heavy (non-hydrogen) atoms. The van der Waals surface area contributed by atoms with Gasteiger partial charge in [-0.15, -0.1) is 0 Å². The molecule has 2 saturated carbocycles. The second-order valence-electron chi connectivity index (χ2n) is 8.24. The van der Waals surface area contributed by atoms with Gasteiger partial charge in [0.05, 0.1) is 0 Å². The zero-order valence-electron chi connectivity index (χ0n) is 14.9. The van der Waals surface area contributed by atoms with Crippen molar-refractivity contribution in [3.63, 3.8) is 0 Å². The van der Waals surface area contributed by atoms with E-state index in [1.807, 2.05) is 30.3 Å². The van der Waals surface area contributed by atoms with E-state index in [9.17, 15) is 9.90 Å². The predicted octanol–water partition coefficient (Wildman–Crippen LogP) is 2.43. The molecule has 0 aromatic heterocycles. The van der Waals surface area contributed by atoms with Gasteiger partial charge in [-0.2, -0.15) is 0 Å². The first kappa shape index (κ1) is 17.0. The van der Waals surface area contributed by atoms with Crippen LogP contribution in [0.3, 0.4) is 0 Å². The van der Waals surface area contributed by atoms with E-state index in [1.165, 1.54) is 12.8 Å². The van der Waals surface area contributed by atoms with Gasteiger partial charge in [0.1, 0.15) is 0 Å². The van der Waals surface area contributed by atoms with E-state index in [0.29, 0.717) is 24.3 Å². The zero-order valence-corrected chi connectivity index (χ0v) is 14.9. The lowest BCUT2D eigenvalue weighted by atomic mass is 9.79. The van der Waals surface area contributed by atoms with Crippen LogP contribution in [0.25, 0.3) is 0 Å². The number of fused-ring (bicyclic) bond motifs is 2. The molecule has 1 aliphatic heterocycles. The summed E-state index contributed by atoms with van der Waals surface area (Å²) in [6, 6.07) is 9.55. The third kappa shape index (κ3) is 3.11. The molecule has 4 heteroatoms. The van der Waals surface area contributed by atoms with Crippen molar-refractivity contribution in [3.8, 4) is 0 Å². The number of carbonyl (C=O) groups excluding carboxylic acids is 1. The topological polar surface area (TPSA) is 61.4 Å². The quantitative estimate of drug-likeness (QED) is 0.770. The van der Waals surface area contributed by atoms with Crippen LogP contribution in [0.2, 0.25) is 0 Å². The minimum atomic E-state index is -1.39. The van der Waals surface area contributed by atoms with E-state index >= 15 is 0 Å². The normalized spacial score (nSPS) is 31.6. The fraction of sp³-hybridized carbons (Fsp3) is 0.667. The van der Waals surface area contributed by atoms with Crippen molar-refractivity contribution in [1.82, 2.24) is 10.6 Å². The summed E-state index contributed by atoms with van der Waals surface area (Å²) in [5, 5.41) is 18.2. The predicted molar refractivity (Wildman–Crippen MR) is 97.9 cm³/mol. The van der Waals surface area contributed by atoms with Gasteiger partial charge in [0.25, 0.3) is 5.91 Å². The third-order valence-corrected chi connectivity index (χ3v) is 6.94. The molecule has 4 rings (SSSR count). The van der Waals surface area contributed by atoms with Crippen LogP contribution in [0.1, 0.15) is 44.1 Å². The Labute approximate surface area is 150 Å². The molecule has 4 nitrogen and oxygen atoms in total. The molecular formula is C21H30N2O2. The molecule has 3 aliphatic rings. The maximum absolute atomic E-state index is 13.2. The first-order chi connectivity index (χ1) is 12.2. The molecule has 1 aromatic carbocycles. The number of carbonyl (C=O) groups is 1. The van der Waals surface area contributed by atoms with E-state index in [-0.39, 0.29) is 11.8 Å². The summed E-state index contributed by atoms with van der Waals surface area (Å²) in [5.41, 5.74) is -0.642. The van der Waals surface area contributed by atoms with E-state index in [2.05, 4.69) is 10.6 Å². The van der Waals surface area contributed by atoms with Gasteiger partial charge < -0.3 is 15.7 Å². The highest BCUT2D eigenvalue weighted by atomic mass is 16.3. The maximum atomic E-state index is 13.2. The lowest BCUT2D eigenvalue weighted by Crippen LogP contribution is -2.52. The molecule has 0 spiro atoms. The van der Waals surface area contributed by atoms with Gasteiger partial charge in [-0.25, -0.2) is 0 Å². The maximum Gasteiger partial charge on any atom is 0.256 e. The van der Waals surface area contributed by atoms with Crippen LogP contribution >= 0.6 is 0 Å². The number of nitrogens with one attached hydrogen (secondary N) is 2. The molecule has 3 N–H and O–H groups in total. The molecule has 1 amide bonds. The highest BCUT2D eigenvalue weighted by Crippen LogP contribution is 2.42. The number of hydrogen-bond acceptors (Lipinski definition) is 3. The fourth-order valence-electron chi connectivity index (χ4n) is 5.47. The molecular weight excluding hydrogens is 312 g/mol. The van der Waals surface area contributed by atoms with Gasteiger partial charge in [0, 0.05) is 12.5 Å². The summed E-state index contributed by atoms with van der Waals surface area (Å²) in [4.78, 5) is 13.2. The van der Waals surface area contributed by atoms with Crippen molar-refractivity contribution in [1.29, 1.82) is 0 Å². The number of benzene rings is 1. The number of rotatable bonds is 5. The molecule has 0 radical (unpaired) electrons. The SMILES string of the molecule is O=C(NCC1C2CCC1CNC2)C(O)(c1ccccc1)C1CCCC1. The molecule has 2 bridgehead atoms. The van der Waals surface area contributed by atoms with Crippen molar-refractivity contribution < 1.29 is 9.90 Å². The number of hydrogen-bond donors (Lipinski definition) is 3. The fourth-order valence-corrected chi connectivity index (χ4v) is 5.47. The van der Waals surface area contributed by atoms with Crippen molar-refractivity contribution in [2.75, 3.05) is 19.6 Å². The van der Waals surface area contributed by atoms with Crippen LogP contribution in [-0.2, 0) is 10.4 Å². The summed E-state index contributed by atoms with van der Waals surface area (Å²) in [7, 11) is 0. The van der Waals surface area contributed by atoms with Gasteiger partial charge >= 0.3 is 0 Å². The van der Waals surface area contributed by atoms with Gasteiger partial charge in [0.15, 0.2) is 5.60 Å². The van der Waals surface area contributed by atoms with E-state index < -0.39 is 5.60 Å². The van der Waals surface area contributed by atoms with Crippen LogP contribution in [0.5, 0.6) is 0 Å². The number of aliphatic hydroxyl groups is 1. The Hall–Kier alpha value is -1.39. The van der Waals surface area contributed by atoms with Crippen LogP contribution in [-0.4, -0.2) is 30.6 Å². The largest absolute Gasteiger partial charge is 0.375 e. The van der Waals surface area contributed by atoms with Crippen LogP contribution in [0, 0.1) is 23.7 Å². The second-order valence-corrected chi connectivity index (χ2v) is 8.24. The Balaban J connectivity index is 1.50. The Morgan fingerprint density at radius 1 is 1.08 bits per heavy atom. The van der Waals surface area contributed by atoms with Crippen molar-refractivity contribution >= 4 is 5.91 Å². The van der Waals surface area contributed by atoms with Crippen LogP contribution in [0.15, 0.2) is 30.3 Å². The van der Waals surface area contributed by atoms with Crippen LogP contribution < -0.4 is 10.6 Å². The summed E-state index contributed by atoms with van der Waals surface area (Å²) in [6.07, 6.45) is 6.60. The van der Waals surface area contributed by atoms with Crippen LogP contribution in [0.4, 0.5) is 0 Å². The van der Waals surface area contributed by atoms with Gasteiger partial charge in [-0.3, -0.25) is 4.79 Å². The Morgan fingerprint density at radius 2 is 1.72 bits per heavy atom. The molecule has 1 heterocycles. The summed E-state index contributed by atoms with van der Waals surface area (Å²) < 4.78 is 0. The van der Waals surface area contributed by atoms with E-state index in [4.69, 9.17) is 0 Å². The second kappa shape index (κ2) is 7.08. The average molecular weight is 342 g/mol. The monoisotopic (exact) mass is 342 g/mol. The van der Waals surface area contributed by atoms with Crippen molar-refractivity contribution in [2.24, 2.45) is 23.7 Å². The highest BCUT2D eigenvalue weighted by Gasteiger charge is 2.47. The van der Waals surface area contributed by atoms with E-state index in [1.54, 1.807) is 0 Å². The first-order valence-corrected chi connectivity index (χ1v) is 9.96. The summed E-state index contributed by atoms with van der Waals surface area (Å²) in [5.74, 6) is 1.75. The molecule has 3 atom stereocenters. The molecule has 3 unspecified atom stereocenters. The van der Waals surface area contributed by atoms with E-state index in [0.717, 1.165) is 44.3 Å². The zero-order chi connectivity index (χ0) is 17.3. The first-order valence-electron chi connectivity index (χ1n) is 9.96. The Morgan fingerprint density at radius 3 is 2.36 bits per heavy atom. The number of amides is 1. The van der Waals surface area contributed by atoms with Gasteiger partial charge in [0.2, 0.25) is 0 Å².